The van der Waals surface area contributed by atoms with Crippen molar-refractivity contribution in [1.82, 2.24) is 20.5 Å². The van der Waals surface area contributed by atoms with Crippen LogP contribution in [0, 0.1) is 6.92 Å². The summed E-state index contributed by atoms with van der Waals surface area (Å²) in [6.45, 7) is 3.79. The van der Waals surface area contributed by atoms with Crippen molar-refractivity contribution >= 4 is 21.8 Å². The molecule has 1 unspecified atom stereocenters. The zero-order valence-electron chi connectivity index (χ0n) is 10.1. The Morgan fingerprint density at radius 3 is 2.94 bits per heavy atom. The molecule has 6 heteroatoms. The van der Waals surface area contributed by atoms with E-state index in [2.05, 4.69) is 36.4 Å². The minimum atomic E-state index is -0.215. The van der Waals surface area contributed by atoms with Crippen LogP contribution in [-0.2, 0) is 0 Å². The second kappa shape index (κ2) is 5.30. The van der Waals surface area contributed by atoms with Gasteiger partial charge in [-0.05, 0) is 41.4 Å². The molecule has 0 radical (unpaired) electrons. The van der Waals surface area contributed by atoms with E-state index in [1.165, 1.54) is 6.33 Å². The molecule has 5 nitrogen and oxygen atoms in total. The molecule has 2 N–H and O–H groups in total. The van der Waals surface area contributed by atoms with Crippen LogP contribution in [0.2, 0.25) is 0 Å². The molecular weight excluding hydrogens is 296 g/mol. The van der Waals surface area contributed by atoms with Gasteiger partial charge in [0, 0.05) is 4.47 Å². The van der Waals surface area contributed by atoms with E-state index < -0.39 is 0 Å². The van der Waals surface area contributed by atoms with Crippen molar-refractivity contribution in [1.29, 1.82) is 0 Å². The molecule has 1 atom stereocenters. The molecule has 2 rings (SSSR count). The number of carbonyl (C=O) groups excluding carboxylic acids is 1. The molecule has 0 fully saturated rings. The zero-order chi connectivity index (χ0) is 13.1. The van der Waals surface area contributed by atoms with Crippen molar-refractivity contribution in [3.8, 4) is 0 Å². The third-order valence-corrected chi connectivity index (χ3v) is 3.68. The molecule has 0 aliphatic carbocycles. The molecule has 1 aromatic heterocycles. The topological polar surface area (TPSA) is 70.7 Å². The maximum atomic E-state index is 12.1. The Hall–Kier alpha value is -1.69. The number of amides is 1. The first-order valence-corrected chi connectivity index (χ1v) is 6.30. The van der Waals surface area contributed by atoms with Gasteiger partial charge in [0.1, 0.15) is 12.2 Å². The monoisotopic (exact) mass is 308 g/mol. The van der Waals surface area contributed by atoms with Gasteiger partial charge in [-0.1, -0.05) is 12.1 Å². The normalized spacial score (nSPS) is 12.2. The van der Waals surface area contributed by atoms with Crippen LogP contribution in [-0.4, -0.2) is 21.1 Å². The minimum Gasteiger partial charge on any atom is -0.342 e. The molecule has 18 heavy (non-hydrogen) atoms. The number of aromatic nitrogens is 3. The number of halogens is 1. The highest BCUT2D eigenvalue weighted by Crippen LogP contribution is 2.21. The van der Waals surface area contributed by atoms with Crippen LogP contribution in [0.1, 0.15) is 34.7 Å². The van der Waals surface area contributed by atoms with Crippen molar-refractivity contribution < 1.29 is 4.79 Å². The molecule has 0 aliphatic rings. The van der Waals surface area contributed by atoms with Crippen molar-refractivity contribution in [2.24, 2.45) is 0 Å². The second-order valence-corrected chi connectivity index (χ2v) is 4.80. The summed E-state index contributed by atoms with van der Waals surface area (Å²) in [5.41, 5.74) is 1.64. The van der Waals surface area contributed by atoms with Crippen LogP contribution in [0.5, 0.6) is 0 Å². The number of H-pyrrole nitrogens is 1. The number of aromatic amines is 1. The van der Waals surface area contributed by atoms with E-state index in [1.807, 2.05) is 26.0 Å². The van der Waals surface area contributed by atoms with Crippen molar-refractivity contribution in [3.63, 3.8) is 0 Å². The Morgan fingerprint density at radius 2 is 2.28 bits per heavy atom. The van der Waals surface area contributed by atoms with E-state index in [4.69, 9.17) is 0 Å². The lowest BCUT2D eigenvalue weighted by Gasteiger charge is -2.12. The molecule has 94 valence electrons. The van der Waals surface area contributed by atoms with Gasteiger partial charge >= 0.3 is 0 Å². The number of benzene rings is 1. The smallest absolute Gasteiger partial charge is 0.253 e. The molecule has 0 aliphatic heterocycles. The van der Waals surface area contributed by atoms with E-state index in [0.717, 1.165) is 10.0 Å². The van der Waals surface area contributed by atoms with Gasteiger partial charge in [0.2, 0.25) is 0 Å². The van der Waals surface area contributed by atoms with E-state index >= 15 is 0 Å². The number of hydrogen-bond acceptors (Lipinski definition) is 3. The summed E-state index contributed by atoms with van der Waals surface area (Å²) in [6, 6.07) is 5.36. The quantitative estimate of drug-likeness (QED) is 0.914. The van der Waals surface area contributed by atoms with Gasteiger partial charge in [0.15, 0.2) is 0 Å². The van der Waals surface area contributed by atoms with E-state index in [-0.39, 0.29) is 11.9 Å². The van der Waals surface area contributed by atoms with Gasteiger partial charge in [-0.3, -0.25) is 9.89 Å². The fourth-order valence-electron chi connectivity index (χ4n) is 1.59. The van der Waals surface area contributed by atoms with Gasteiger partial charge in [0.25, 0.3) is 5.91 Å². The molecule has 0 saturated heterocycles. The van der Waals surface area contributed by atoms with Crippen molar-refractivity contribution in [2.45, 2.75) is 19.9 Å². The van der Waals surface area contributed by atoms with Crippen LogP contribution >= 0.6 is 15.9 Å². The Kier molecular flexibility index (Phi) is 3.76. The molecule has 1 heterocycles. The summed E-state index contributed by atoms with van der Waals surface area (Å²) in [4.78, 5) is 16.1. The largest absolute Gasteiger partial charge is 0.342 e. The van der Waals surface area contributed by atoms with Gasteiger partial charge < -0.3 is 5.32 Å². The third kappa shape index (κ3) is 2.59. The zero-order valence-corrected chi connectivity index (χ0v) is 11.7. The predicted octanol–water partition coefficient (Wildman–Crippen LogP) is 2.37. The number of carbonyl (C=O) groups is 1. The second-order valence-electron chi connectivity index (χ2n) is 4.00. The fraction of sp³-hybridized carbons (Fsp3) is 0.250. The Labute approximate surface area is 113 Å². The molecule has 0 bridgehead atoms. The number of rotatable bonds is 3. The molecule has 0 saturated carbocycles. The average Bonchev–Trinajstić information content (AvgIpc) is 2.86. The number of nitrogens with zero attached hydrogens (tertiary/aromatic N) is 2. The molecule has 1 aromatic carbocycles. The first-order valence-electron chi connectivity index (χ1n) is 5.51. The summed E-state index contributed by atoms with van der Waals surface area (Å²) in [6.07, 6.45) is 1.42. The van der Waals surface area contributed by atoms with Gasteiger partial charge in [-0.25, -0.2) is 4.98 Å². The van der Waals surface area contributed by atoms with Crippen LogP contribution < -0.4 is 5.32 Å². The Bertz CT molecular complexity index is 553. The fourth-order valence-corrected chi connectivity index (χ4v) is 2.03. The van der Waals surface area contributed by atoms with Gasteiger partial charge in [-0.15, -0.1) is 0 Å². The minimum absolute atomic E-state index is 0.144. The highest BCUT2D eigenvalue weighted by Gasteiger charge is 2.16. The summed E-state index contributed by atoms with van der Waals surface area (Å²) >= 11 is 3.42. The highest BCUT2D eigenvalue weighted by atomic mass is 79.9. The number of nitrogens with one attached hydrogen (secondary N) is 2. The summed E-state index contributed by atoms with van der Waals surface area (Å²) in [5, 5.41) is 9.35. The lowest BCUT2D eigenvalue weighted by Crippen LogP contribution is -2.27. The van der Waals surface area contributed by atoms with Gasteiger partial charge in [0.05, 0.1) is 11.6 Å². The van der Waals surface area contributed by atoms with Crippen LogP contribution in [0.15, 0.2) is 29.0 Å². The predicted molar refractivity (Wildman–Crippen MR) is 71.1 cm³/mol. The van der Waals surface area contributed by atoms with Crippen molar-refractivity contribution in [3.05, 3.63) is 46.0 Å². The average molecular weight is 309 g/mol. The first-order chi connectivity index (χ1) is 8.59. The maximum Gasteiger partial charge on any atom is 0.253 e. The van der Waals surface area contributed by atoms with Gasteiger partial charge in [-0.2, -0.15) is 5.10 Å². The summed E-state index contributed by atoms with van der Waals surface area (Å²) in [7, 11) is 0. The Balaban J connectivity index is 2.15. The van der Waals surface area contributed by atoms with E-state index in [1.54, 1.807) is 6.07 Å². The maximum absolute atomic E-state index is 12.1. The Morgan fingerprint density at radius 1 is 1.50 bits per heavy atom. The number of hydrogen-bond donors (Lipinski definition) is 2. The van der Waals surface area contributed by atoms with Crippen LogP contribution in [0.4, 0.5) is 0 Å². The van der Waals surface area contributed by atoms with Crippen LogP contribution in [0.25, 0.3) is 0 Å². The lowest BCUT2D eigenvalue weighted by atomic mass is 10.1. The lowest BCUT2D eigenvalue weighted by molar-refractivity contribution is 0.0937. The van der Waals surface area contributed by atoms with Crippen molar-refractivity contribution in [2.75, 3.05) is 0 Å². The first kappa shape index (κ1) is 12.8. The highest BCUT2D eigenvalue weighted by molar-refractivity contribution is 9.10. The summed E-state index contributed by atoms with van der Waals surface area (Å²) in [5.74, 6) is 0.488. The summed E-state index contributed by atoms with van der Waals surface area (Å²) < 4.78 is 0.812. The van der Waals surface area contributed by atoms with E-state index in [0.29, 0.717) is 11.4 Å². The third-order valence-electron chi connectivity index (χ3n) is 2.63. The molecule has 2 aromatic rings. The molecular formula is C12H13BrN4O. The number of aryl methyl sites for hydroxylation is 1. The molecule has 1 amide bonds. The molecule has 0 spiro atoms. The SMILES string of the molecule is Cc1cccc(C(=O)NC(C)c2ncn[nH]2)c1Br. The standard InChI is InChI=1S/C12H13BrN4O/c1-7-4-3-5-9(10(7)13)12(18)16-8(2)11-14-6-15-17-11/h3-6,8H,1-2H3,(H,16,18)(H,14,15,17). The van der Waals surface area contributed by atoms with Crippen LogP contribution in [0.3, 0.4) is 0 Å². The van der Waals surface area contributed by atoms with E-state index in [9.17, 15) is 4.79 Å².